The Hall–Kier alpha value is -1.56. The average Bonchev–Trinajstić information content (AvgIpc) is 3.22. The summed E-state index contributed by atoms with van der Waals surface area (Å²) in [5, 5.41) is 14.9. The average molecular weight is 417 g/mol. The number of nitrogens with zero attached hydrogens (tertiary/aromatic N) is 4. The number of nitro groups is 1. The van der Waals surface area contributed by atoms with Crippen LogP contribution in [-0.2, 0) is 22.8 Å². The second kappa shape index (κ2) is 7.59. The summed E-state index contributed by atoms with van der Waals surface area (Å²) in [6.07, 6.45) is 2.01. The first-order valence-corrected chi connectivity index (χ1v) is 11.8. The quantitative estimate of drug-likeness (QED) is 0.527. The van der Waals surface area contributed by atoms with Gasteiger partial charge in [-0.25, -0.2) is 13.4 Å². The lowest BCUT2D eigenvalue weighted by molar-refractivity contribution is -0.383. The Kier molecular flexibility index (Phi) is 5.61. The van der Waals surface area contributed by atoms with Crippen LogP contribution in [0.2, 0.25) is 0 Å². The number of piperazine rings is 1. The molecule has 1 fully saturated rings. The van der Waals surface area contributed by atoms with E-state index in [0.717, 1.165) is 54.3 Å². The van der Waals surface area contributed by atoms with Gasteiger partial charge in [0, 0.05) is 50.4 Å². The van der Waals surface area contributed by atoms with Crippen molar-refractivity contribution in [3.05, 3.63) is 32.3 Å². The van der Waals surface area contributed by atoms with Gasteiger partial charge in [0.25, 0.3) is 0 Å². The maximum Gasteiger partial charge on any atom is 0.305 e. The molecular formula is C15H20N4O4S3. The number of hydrogen-bond donors (Lipinski definition) is 0. The number of thiazole rings is 1. The number of hydrogen-bond acceptors (Lipinski definition) is 9. The zero-order valence-corrected chi connectivity index (χ0v) is 17.0. The van der Waals surface area contributed by atoms with E-state index in [0.29, 0.717) is 18.1 Å². The highest BCUT2D eigenvalue weighted by molar-refractivity contribution is 7.92. The molecule has 3 rings (SSSR count). The molecule has 1 aliphatic rings. The van der Waals surface area contributed by atoms with E-state index in [9.17, 15) is 18.5 Å². The standard InChI is InChI=1S/C15H20N4O4S3/c1-3-13-16-11(10-24-13)9-17-4-6-18(7-5-17)15-12(19(20)21)8-14(25-15)26(2,22)23/h8,10H,3-7,9H2,1-2H3. The second-order valence-corrected chi connectivity index (χ2v) is 10.4. The van der Waals surface area contributed by atoms with Crippen LogP contribution in [0.1, 0.15) is 17.6 Å². The van der Waals surface area contributed by atoms with Gasteiger partial charge >= 0.3 is 5.69 Å². The smallest absolute Gasteiger partial charge is 0.305 e. The van der Waals surface area contributed by atoms with E-state index in [1.807, 2.05) is 4.90 Å². The van der Waals surface area contributed by atoms with E-state index in [4.69, 9.17) is 0 Å². The van der Waals surface area contributed by atoms with Crippen molar-refractivity contribution < 1.29 is 13.3 Å². The summed E-state index contributed by atoms with van der Waals surface area (Å²) in [5.41, 5.74) is 0.928. The second-order valence-electron chi connectivity index (χ2n) is 6.13. The van der Waals surface area contributed by atoms with E-state index in [2.05, 4.69) is 22.2 Å². The number of anilines is 1. The molecule has 2 aromatic rings. The van der Waals surface area contributed by atoms with Crippen LogP contribution in [0.15, 0.2) is 15.7 Å². The molecule has 0 bridgehead atoms. The van der Waals surface area contributed by atoms with Gasteiger partial charge in [-0.3, -0.25) is 15.0 Å². The number of thiophene rings is 1. The zero-order valence-electron chi connectivity index (χ0n) is 14.5. The Balaban J connectivity index is 1.69. The third-order valence-electron chi connectivity index (χ3n) is 4.18. The Morgan fingerprint density at radius 1 is 1.31 bits per heavy atom. The highest BCUT2D eigenvalue weighted by atomic mass is 32.2. The van der Waals surface area contributed by atoms with Crippen molar-refractivity contribution in [2.75, 3.05) is 37.3 Å². The highest BCUT2D eigenvalue weighted by Crippen LogP contribution is 2.40. The highest BCUT2D eigenvalue weighted by Gasteiger charge is 2.29. The molecule has 8 nitrogen and oxygen atoms in total. The summed E-state index contributed by atoms with van der Waals surface area (Å²) < 4.78 is 23.5. The number of rotatable bonds is 6. The molecule has 0 atom stereocenters. The summed E-state index contributed by atoms with van der Waals surface area (Å²) in [5.74, 6) is 0. The third-order valence-corrected chi connectivity index (χ3v) is 8.21. The van der Waals surface area contributed by atoms with Crippen LogP contribution in [0.5, 0.6) is 0 Å². The Morgan fingerprint density at radius 3 is 2.54 bits per heavy atom. The topological polar surface area (TPSA) is 96.7 Å². The predicted octanol–water partition coefficient (Wildman–Crippen LogP) is 2.40. The molecule has 142 valence electrons. The third kappa shape index (κ3) is 4.22. The molecule has 0 saturated carbocycles. The minimum atomic E-state index is -3.46. The summed E-state index contributed by atoms with van der Waals surface area (Å²) in [6.45, 7) is 5.60. The monoisotopic (exact) mass is 416 g/mol. The Labute approximate surface area is 160 Å². The van der Waals surface area contributed by atoms with Gasteiger partial charge in [0.2, 0.25) is 0 Å². The fourth-order valence-corrected chi connectivity index (χ4v) is 5.63. The van der Waals surface area contributed by atoms with Crippen molar-refractivity contribution in [1.29, 1.82) is 0 Å². The molecule has 26 heavy (non-hydrogen) atoms. The normalized spacial score (nSPS) is 16.2. The Morgan fingerprint density at radius 2 is 2.00 bits per heavy atom. The molecule has 1 aliphatic heterocycles. The van der Waals surface area contributed by atoms with Gasteiger partial charge in [-0.1, -0.05) is 18.3 Å². The number of sulfone groups is 1. The van der Waals surface area contributed by atoms with Gasteiger partial charge < -0.3 is 4.90 Å². The van der Waals surface area contributed by atoms with Gasteiger partial charge in [0.15, 0.2) is 14.8 Å². The molecule has 0 aliphatic carbocycles. The van der Waals surface area contributed by atoms with Gasteiger partial charge in [0.1, 0.15) is 4.21 Å². The first-order valence-electron chi connectivity index (χ1n) is 8.16. The van der Waals surface area contributed by atoms with Gasteiger partial charge in [-0.2, -0.15) is 0 Å². The van der Waals surface area contributed by atoms with Crippen molar-refractivity contribution in [3.63, 3.8) is 0 Å². The van der Waals surface area contributed by atoms with Gasteiger partial charge in [-0.05, 0) is 6.42 Å². The molecule has 0 unspecified atom stereocenters. The van der Waals surface area contributed by atoms with Crippen LogP contribution >= 0.6 is 22.7 Å². The van der Waals surface area contributed by atoms with Crippen molar-refractivity contribution in [1.82, 2.24) is 9.88 Å². The van der Waals surface area contributed by atoms with E-state index >= 15 is 0 Å². The number of aromatic nitrogens is 1. The first-order chi connectivity index (χ1) is 12.3. The van der Waals surface area contributed by atoms with E-state index in [1.54, 1.807) is 11.3 Å². The van der Waals surface area contributed by atoms with Crippen LogP contribution in [-0.4, -0.2) is 55.7 Å². The molecular weight excluding hydrogens is 396 g/mol. The molecule has 11 heteroatoms. The maximum atomic E-state index is 11.7. The van der Waals surface area contributed by atoms with Crippen LogP contribution < -0.4 is 4.90 Å². The summed E-state index contributed by atoms with van der Waals surface area (Å²) in [7, 11) is -3.46. The van der Waals surface area contributed by atoms with Crippen molar-refractivity contribution in [2.24, 2.45) is 0 Å². The van der Waals surface area contributed by atoms with E-state index < -0.39 is 14.8 Å². The molecule has 0 spiro atoms. The molecule has 0 amide bonds. The molecule has 0 N–H and O–H groups in total. The van der Waals surface area contributed by atoms with Crippen LogP contribution in [0.3, 0.4) is 0 Å². The minimum Gasteiger partial charge on any atom is -0.355 e. The molecule has 0 radical (unpaired) electrons. The molecule has 0 aromatic carbocycles. The molecule has 1 saturated heterocycles. The van der Waals surface area contributed by atoms with Crippen molar-refractivity contribution >= 4 is 43.2 Å². The summed E-state index contributed by atoms with van der Waals surface area (Å²) in [6, 6.07) is 1.17. The van der Waals surface area contributed by atoms with E-state index in [-0.39, 0.29) is 9.90 Å². The van der Waals surface area contributed by atoms with Crippen LogP contribution in [0.4, 0.5) is 10.7 Å². The van der Waals surface area contributed by atoms with Crippen LogP contribution in [0, 0.1) is 10.1 Å². The lowest BCUT2D eigenvalue weighted by Crippen LogP contribution is -2.45. The summed E-state index contributed by atoms with van der Waals surface area (Å²) in [4.78, 5) is 19.6. The lowest BCUT2D eigenvalue weighted by Gasteiger charge is -2.34. The van der Waals surface area contributed by atoms with Crippen molar-refractivity contribution in [2.45, 2.75) is 24.1 Å². The van der Waals surface area contributed by atoms with Crippen LogP contribution in [0.25, 0.3) is 0 Å². The molecule has 3 heterocycles. The number of aryl methyl sites for hydroxylation is 1. The SMILES string of the molecule is CCc1nc(CN2CCN(c3sc(S(C)(=O)=O)cc3[N+](=O)[O-])CC2)cs1. The van der Waals surface area contributed by atoms with Gasteiger partial charge in [-0.15, -0.1) is 11.3 Å². The minimum absolute atomic E-state index is 0.0381. The fraction of sp³-hybridized carbons (Fsp3) is 0.533. The summed E-state index contributed by atoms with van der Waals surface area (Å²) >= 11 is 2.65. The zero-order chi connectivity index (χ0) is 18.9. The van der Waals surface area contributed by atoms with E-state index in [1.165, 1.54) is 6.07 Å². The first kappa shape index (κ1) is 19.2. The molecule has 2 aromatic heterocycles. The fourth-order valence-electron chi connectivity index (χ4n) is 2.81. The Bertz CT molecular complexity index is 898. The van der Waals surface area contributed by atoms with Gasteiger partial charge in [0.05, 0.1) is 15.6 Å². The van der Waals surface area contributed by atoms with Crippen molar-refractivity contribution in [3.8, 4) is 0 Å². The predicted molar refractivity (Wildman–Crippen MR) is 103 cm³/mol. The maximum absolute atomic E-state index is 11.7. The largest absolute Gasteiger partial charge is 0.355 e. The lowest BCUT2D eigenvalue weighted by atomic mass is 10.3.